The predicted molar refractivity (Wildman–Crippen MR) is 75.4 cm³/mol. The molecule has 0 unspecified atom stereocenters. The van der Waals surface area contributed by atoms with Gasteiger partial charge in [-0.25, -0.2) is 9.18 Å². The van der Waals surface area contributed by atoms with E-state index in [1.54, 1.807) is 0 Å². The highest BCUT2D eigenvalue weighted by molar-refractivity contribution is 6.04. The van der Waals surface area contributed by atoms with Crippen LogP contribution in [0.3, 0.4) is 0 Å². The molecule has 1 aromatic rings. The van der Waals surface area contributed by atoms with Gasteiger partial charge in [-0.15, -0.1) is 0 Å². The van der Waals surface area contributed by atoms with E-state index in [9.17, 15) is 14.0 Å². The molecule has 0 bridgehead atoms. The van der Waals surface area contributed by atoms with Crippen molar-refractivity contribution in [2.45, 2.75) is 26.8 Å². The molecule has 6 heteroatoms. The van der Waals surface area contributed by atoms with Crippen LogP contribution in [-0.2, 0) is 4.79 Å². The summed E-state index contributed by atoms with van der Waals surface area (Å²) in [5.74, 6) is -0.0875. The number of nitrogens with zero attached hydrogens (tertiary/aromatic N) is 1. The summed E-state index contributed by atoms with van der Waals surface area (Å²) >= 11 is 0. The average Bonchev–Trinajstić information content (AvgIpc) is 2.68. The van der Waals surface area contributed by atoms with E-state index in [-0.39, 0.29) is 30.3 Å². The Bertz CT molecular complexity index is 537. The Morgan fingerprint density at radius 3 is 2.38 bits per heavy atom. The van der Waals surface area contributed by atoms with Gasteiger partial charge < -0.3 is 10.1 Å². The minimum atomic E-state index is -0.518. The number of amides is 3. The molecule has 3 amide bonds. The highest BCUT2D eigenvalue weighted by Gasteiger charge is 2.43. The van der Waals surface area contributed by atoms with Crippen LogP contribution in [0.4, 0.5) is 9.18 Å². The Balaban J connectivity index is 1.90. The van der Waals surface area contributed by atoms with Crippen molar-refractivity contribution in [3.05, 3.63) is 30.1 Å². The van der Waals surface area contributed by atoms with Crippen LogP contribution in [0.5, 0.6) is 5.75 Å². The number of rotatable bonds is 4. The molecule has 1 aromatic carbocycles. The van der Waals surface area contributed by atoms with Crippen LogP contribution in [0.2, 0.25) is 0 Å². The second-order valence-corrected chi connectivity index (χ2v) is 6.04. The molecule has 0 aliphatic carbocycles. The van der Waals surface area contributed by atoms with Gasteiger partial charge in [0.25, 0.3) is 5.91 Å². The Labute approximate surface area is 123 Å². The van der Waals surface area contributed by atoms with E-state index < -0.39 is 12.1 Å². The first-order valence-electron chi connectivity index (χ1n) is 6.79. The van der Waals surface area contributed by atoms with Gasteiger partial charge in [0.2, 0.25) is 0 Å². The third kappa shape index (κ3) is 3.51. The number of halogens is 1. The highest BCUT2D eigenvalue weighted by atomic mass is 19.1. The summed E-state index contributed by atoms with van der Waals surface area (Å²) in [6.07, 6.45) is 0. The van der Waals surface area contributed by atoms with Crippen LogP contribution < -0.4 is 10.1 Å². The van der Waals surface area contributed by atoms with Crippen LogP contribution in [0.1, 0.15) is 20.8 Å². The monoisotopic (exact) mass is 294 g/mol. The van der Waals surface area contributed by atoms with Crippen molar-refractivity contribution in [3.8, 4) is 5.75 Å². The number of ether oxygens (including phenoxy) is 1. The standard InChI is InChI=1S/C15H19FN2O3/c1-15(2,3)12-13(19)18(14(20)17-12)8-9-21-11-6-4-10(16)5-7-11/h4-7,12H,8-9H2,1-3H3,(H,17,20)/t12-/m1/s1. The zero-order chi connectivity index (χ0) is 15.6. The van der Waals surface area contributed by atoms with Crippen molar-refractivity contribution in [1.29, 1.82) is 0 Å². The molecule has 21 heavy (non-hydrogen) atoms. The molecule has 1 atom stereocenters. The van der Waals surface area contributed by atoms with Gasteiger partial charge in [0, 0.05) is 0 Å². The number of urea groups is 1. The molecule has 1 saturated heterocycles. The number of hydrogen-bond donors (Lipinski definition) is 1. The number of hydrogen-bond acceptors (Lipinski definition) is 3. The lowest BCUT2D eigenvalue weighted by atomic mass is 9.87. The molecule has 1 N–H and O–H groups in total. The Morgan fingerprint density at radius 2 is 1.86 bits per heavy atom. The van der Waals surface area contributed by atoms with Gasteiger partial charge in [0.1, 0.15) is 24.2 Å². The van der Waals surface area contributed by atoms with Crippen LogP contribution >= 0.6 is 0 Å². The van der Waals surface area contributed by atoms with E-state index in [2.05, 4.69) is 5.32 Å². The fourth-order valence-electron chi connectivity index (χ4n) is 2.10. The Kier molecular flexibility index (Phi) is 4.16. The fourth-order valence-corrected chi connectivity index (χ4v) is 2.10. The van der Waals surface area contributed by atoms with E-state index in [0.717, 1.165) is 4.90 Å². The summed E-state index contributed by atoms with van der Waals surface area (Å²) < 4.78 is 18.2. The maximum Gasteiger partial charge on any atom is 0.324 e. The van der Waals surface area contributed by atoms with E-state index >= 15 is 0 Å². The third-order valence-corrected chi connectivity index (χ3v) is 3.29. The fraction of sp³-hybridized carbons (Fsp3) is 0.467. The van der Waals surface area contributed by atoms with Crippen molar-refractivity contribution in [2.24, 2.45) is 5.41 Å². The maximum absolute atomic E-state index is 12.8. The Hall–Kier alpha value is -2.11. The summed E-state index contributed by atoms with van der Waals surface area (Å²) in [7, 11) is 0. The molecular formula is C15H19FN2O3. The SMILES string of the molecule is CC(C)(C)[C@@H]1NC(=O)N(CCOc2ccc(F)cc2)C1=O. The molecule has 1 aliphatic rings. The van der Waals surface area contributed by atoms with Crippen LogP contribution in [0.15, 0.2) is 24.3 Å². The van der Waals surface area contributed by atoms with Gasteiger partial charge >= 0.3 is 6.03 Å². The summed E-state index contributed by atoms with van der Waals surface area (Å²) in [6.45, 7) is 6.02. The summed E-state index contributed by atoms with van der Waals surface area (Å²) in [5, 5.41) is 2.68. The van der Waals surface area contributed by atoms with Crippen molar-refractivity contribution >= 4 is 11.9 Å². The average molecular weight is 294 g/mol. The van der Waals surface area contributed by atoms with E-state index in [1.165, 1.54) is 24.3 Å². The second-order valence-electron chi connectivity index (χ2n) is 6.04. The van der Waals surface area contributed by atoms with Crippen molar-refractivity contribution in [2.75, 3.05) is 13.2 Å². The van der Waals surface area contributed by atoms with Crippen LogP contribution in [0.25, 0.3) is 0 Å². The number of benzene rings is 1. The van der Waals surface area contributed by atoms with Gasteiger partial charge in [-0.3, -0.25) is 9.69 Å². The molecule has 1 heterocycles. The first kappa shape index (κ1) is 15.3. The lowest BCUT2D eigenvalue weighted by molar-refractivity contribution is -0.129. The number of carbonyl (C=O) groups is 2. The Morgan fingerprint density at radius 1 is 1.24 bits per heavy atom. The van der Waals surface area contributed by atoms with E-state index in [1.807, 2.05) is 20.8 Å². The van der Waals surface area contributed by atoms with Crippen LogP contribution in [-0.4, -0.2) is 36.0 Å². The largest absolute Gasteiger partial charge is 0.492 e. The number of imide groups is 1. The maximum atomic E-state index is 12.8. The normalized spacial score (nSPS) is 18.9. The smallest absolute Gasteiger partial charge is 0.324 e. The number of nitrogens with one attached hydrogen (secondary N) is 1. The summed E-state index contributed by atoms with van der Waals surface area (Å²) in [4.78, 5) is 25.2. The molecule has 0 aromatic heterocycles. The van der Waals surface area contributed by atoms with Gasteiger partial charge in [0.05, 0.1) is 6.54 Å². The quantitative estimate of drug-likeness (QED) is 0.866. The van der Waals surface area contributed by atoms with Gasteiger partial charge in [0.15, 0.2) is 0 Å². The second kappa shape index (κ2) is 5.71. The molecule has 2 rings (SSSR count). The first-order valence-corrected chi connectivity index (χ1v) is 6.79. The molecule has 114 valence electrons. The molecule has 5 nitrogen and oxygen atoms in total. The van der Waals surface area contributed by atoms with Crippen molar-refractivity contribution < 1.29 is 18.7 Å². The number of carbonyl (C=O) groups excluding carboxylic acids is 2. The molecule has 0 spiro atoms. The molecule has 0 radical (unpaired) electrons. The predicted octanol–water partition coefficient (Wildman–Crippen LogP) is 2.17. The molecular weight excluding hydrogens is 275 g/mol. The minimum absolute atomic E-state index is 0.161. The van der Waals surface area contributed by atoms with E-state index in [0.29, 0.717) is 5.75 Å². The molecule has 1 fully saturated rings. The minimum Gasteiger partial charge on any atom is -0.492 e. The first-order chi connectivity index (χ1) is 9.79. The molecule has 1 aliphatic heterocycles. The van der Waals surface area contributed by atoms with Crippen molar-refractivity contribution in [3.63, 3.8) is 0 Å². The van der Waals surface area contributed by atoms with Gasteiger partial charge in [-0.05, 0) is 29.7 Å². The zero-order valence-electron chi connectivity index (χ0n) is 12.4. The summed E-state index contributed by atoms with van der Waals surface area (Å²) in [5.41, 5.74) is -0.334. The lowest BCUT2D eigenvalue weighted by Gasteiger charge is -2.24. The highest BCUT2D eigenvalue weighted by Crippen LogP contribution is 2.24. The van der Waals surface area contributed by atoms with Crippen LogP contribution in [0, 0.1) is 11.2 Å². The van der Waals surface area contributed by atoms with E-state index in [4.69, 9.17) is 4.74 Å². The topological polar surface area (TPSA) is 58.6 Å². The summed E-state index contributed by atoms with van der Waals surface area (Å²) in [6, 6.07) is 4.66. The van der Waals surface area contributed by atoms with Gasteiger partial charge in [-0.1, -0.05) is 20.8 Å². The third-order valence-electron chi connectivity index (χ3n) is 3.29. The lowest BCUT2D eigenvalue weighted by Crippen LogP contribution is -2.41. The zero-order valence-corrected chi connectivity index (χ0v) is 12.4. The van der Waals surface area contributed by atoms with Crippen molar-refractivity contribution in [1.82, 2.24) is 10.2 Å². The van der Waals surface area contributed by atoms with Gasteiger partial charge in [-0.2, -0.15) is 0 Å². The molecule has 0 saturated carbocycles.